The van der Waals surface area contributed by atoms with Crippen LogP contribution in [0.2, 0.25) is 0 Å². The van der Waals surface area contributed by atoms with E-state index in [2.05, 4.69) is 36.2 Å². The summed E-state index contributed by atoms with van der Waals surface area (Å²) in [6, 6.07) is 28.3. The Bertz CT molecular complexity index is 3180. The first kappa shape index (κ1) is 58.2. The molecule has 5 aromatic carbocycles. The lowest BCUT2D eigenvalue weighted by molar-refractivity contribution is -0.224. The van der Waals surface area contributed by atoms with E-state index in [0.717, 1.165) is 50.8 Å². The summed E-state index contributed by atoms with van der Waals surface area (Å²) in [7, 11) is 8.04. The lowest BCUT2D eigenvalue weighted by Gasteiger charge is -2.34. The van der Waals surface area contributed by atoms with Gasteiger partial charge in [0.15, 0.2) is 29.2 Å². The van der Waals surface area contributed by atoms with Crippen LogP contribution in [0.5, 0.6) is 23.0 Å². The number of anilines is 4. The number of carbonyl (C=O) groups is 4. The number of fused-ring (bicyclic) bond motifs is 8. The molecular formula is C61H70N6O13S2. The van der Waals surface area contributed by atoms with Gasteiger partial charge in [-0.2, -0.15) is 0 Å². The maximum atomic E-state index is 14.3. The topological polar surface area (TPSA) is 200 Å². The highest BCUT2D eigenvalue weighted by molar-refractivity contribution is 8.77. The molecule has 1 saturated heterocycles. The number of hydrogen-bond acceptors (Lipinski definition) is 18. The van der Waals surface area contributed by atoms with Crippen LogP contribution in [0, 0.1) is 0 Å². The predicted octanol–water partition coefficient (Wildman–Crippen LogP) is 9.32. The summed E-state index contributed by atoms with van der Waals surface area (Å²) in [5.74, 6) is 0.383. The molecule has 21 heteroatoms. The van der Waals surface area contributed by atoms with Crippen LogP contribution in [0.4, 0.5) is 28.4 Å². The molecule has 10 rings (SSSR count). The van der Waals surface area contributed by atoms with E-state index in [1.54, 1.807) is 59.1 Å². The van der Waals surface area contributed by atoms with E-state index in [1.165, 1.54) is 13.2 Å². The first-order valence-electron chi connectivity index (χ1n) is 27.7. The molecule has 82 heavy (non-hydrogen) atoms. The molecule has 0 spiro atoms. The normalized spacial score (nSPS) is 17.7. The van der Waals surface area contributed by atoms with Crippen LogP contribution in [0.3, 0.4) is 0 Å². The van der Waals surface area contributed by atoms with Crippen molar-refractivity contribution in [3.63, 3.8) is 0 Å². The minimum absolute atomic E-state index is 0.0274. The molecule has 5 aliphatic heterocycles. The number of amides is 3. The molecule has 434 valence electrons. The average Bonchev–Trinajstić information content (AvgIpc) is 4.11. The van der Waals surface area contributed by atoms with E-state index >= 15 is 0 Å². The Hall–Kier alpha value is -7.01. The Kier molecular flexibility index (Phi) is 18.8. The van der Waals surface area contributed by atoms with E-state index in [-0.39, 0.29) is 77.7 Å². The van der Waals surface area contributed by atoms with Crippen LogP contribution in [-0.4, -0.2) is 143 Å². The molecule has 1 fully saturated rings. The van der Waals surface area contributed by atoms with Crippen molar-refractivity contribution in [1.29, 1.82) is 0 Å². The molecule has 0 radical (unpaired) electrons. The average molecular weight is 1160 g/mol. The predicted molar refractivity (Wildman–Crippen MR) is 316 cm³/mol. The lowest BCUT2D eigenvalue weighted by atomic mass is 10.1. The van der Waals surface area contributed by atoms with Crippen LogP contribution in [0.1, 0.15) is 82.5 Å². The van der Waals surface area contributed by atoms with Gasteiger partial charge in [-0.3, -0.25) is 24.3 Å². The van der Waals surface area contributed by atoms with Crippen molar-refractivity contribution in [2.45, 2.75) is 88.6 Å². The maximum Gasteiger partial charge on any atom is 0.332 e. The number of rotatable bonds is 27. The summed E-state index contributed by atoms with van der Waals surface area (Å²) in [5, 5.41) is 16.1. The fourth-order valence-electron chi connectivity index (χ4n) is 10.9. The number of hydrogen-bond donors (Lipinski definition) is 2. The van der Waals surface area contributed by atoms with Crippen LogP contribution >= 0.6 is 21.6 Å². The SMILES string of the molecule is COCCOCCOCCN(CC(C)(C)SSCCCC(=O)ON1C(=O)CCC1OC)c1cc(COc2cc3c(cc2O)C(=O)N2c4ccccc4C[C@H]2C=N3)cc(COc2cc3c(cc2OC)C(=O)N2c4ccccc4C[C@H]2CN3)c1. The number of nitrogens with one attached hydrogen (secondary N) is 1. The van der Waals surface area contributed by atoms with Crippen molar-refractivity contribution in [2.75, 3.05) is 99.8 Å². The monoisotopic (exact) mass is 1160 g/mol. The second kappa shape index (κ2) is 26.5. The van der Waals surface area contributed by atoms with Gasteiger partial charge in [-0.15, -0.1) is 5.06 Å². The zero-order valence-electron chi connectivity index (χ0n) is 46.9. The Labute approximate surface area is 485 Å². The third kappa shape index (κ3) is 13.4. The molecule has 0 saturated carbocycles. The number of para-hydroxylation sites is 2. The molecule has 0 aromatic heterocycles. The van der Waals surface area contributed by atoms with Crippen LogP contribution in [0.25, 0.3) is 0 Å². The highest BCUT2D eigenvalue weighted by Gasteiger charge is 2.39. The van der Waals surface area contributed by atoms with Gasteiger partial charge in [-0.05, 0) is 91.4 Å². The first-order valence-corrected chi connectivity index (χ1v) is 30.0. The number of phenols is 1. The number of ether oxygens (including phenoxy) is 7. The van der Waals surface area contributed by atoms with Gasteiger partial charge in [-0.25, -0.2) is 4.79 Å². The van der Waals surface area contributed by atoms with E-state index in [4.69, 9.17) is 43.0 Å². The van der Waals surface area contributed by atoms with Gasteiger partial charge in [0, 0.05) is 105 Å². The van der Waals surface area contributed by atoms with Crippen molar-refractivity contribution >= 4 is 79.9 Å². The molecular weight excluding hydrogens is 1090 g/mol. The van der Waals surface area contributed by atoms with Crippen molar-refractivity contribution < 1.29 is 62.3 Å². The minimum Gasteiger partial charge on any atom is -0.504 e. The molecule has 3 amide bonds. The third-order valence-electron chi connectivity index (χ3n) is 14.8. The zero-order chi connectivity index (χ0) is 57.3. The summed E-state index contributed by atoms with van der Waals surface area (Å²) < 4.78 is 40.9. The van der Waals surface area contributed by atoms with E-state index in [9.17, 15) is 24.3 Å². The summed E-state index contributed by atoms with van der Waals surface area (Å²) in [4.78, 5) is 69.4. The van der Waals surface area contributed by atoms with E-state index in [0.29, 0.717) is 106 Å². The van der Waals surface area contributed by atoms with Gasteiger partial charge >= 0.3 is 5.97 Å². The third-order valence-corrected chi connectivity index (χ3v) is 18.2. The number of hydroxylamine groups is 2. The van der Waals surface area contributed by atoms with E-state index < -0.39 is 12.2 Å². The highest BCUT2D eigenvalue weighted by atomic mass is 33.1. The fourth-order valence-corrected chi connectivity index (χ4v) is 13.5. The summed E-state index contributed by atoms with van der Waals surface area (Å²) in [5.41, 5.74) is 8.18. The first-order chi connectivity index (χ1) is 39.8. The number of methoxy groups -OCH3 is 3. The molecule has 5 aromatic rings. The second-order valence-corrected chi connectivity index (χ2v) is 24.3. The molecule has 5 heterocycles. The standard InChI is InChI=1S/C61H70N6O13S2/c1-61(2,82-81-24-10-15-58(70)80-67-56(69)16-17-57(67)75-5)38-64(18-19-76-22-23-77-21-20-73-3)43-26-39(36-78-53-32-48-46(30-52(53)68)59(71)65-44(34-62-48)28-41-11-6-8-13-50(41)65)25-40(27-43)37-79-55-33-49-47(31-54(55)74-4)60(72)66-45(35-63-49)29-42-12-7-9-14-51(42)66/h6-9,11-14,25-27,30-34,44-45,57,63,68H,10,15-24,28-29,35-38H2,1-5H3/t44-,45-,57?/m0/s1. The second-order valence-electron chi connectivity index (χ2n) is 21.2. The number of nitrogens with zero attached hydrogens (tertiary/aromatic N) is 5. The summed E-state index contributed by atoms with van der Waals surface area (Å²) >= 11 is 0. The quantitative estimate of drug-likeness (QED) is 0.0372. The van der Waals surface area contributed by atoms with Crippen molar-refractivity contribution in [2.24, 2.45) is 4.99 Å². The Morgan fingerprint density at radius 2 is 1.49 bits per heavy atom. The van der Waals surface area contributed by atoms with Crippen LogP contribution < -0.4 is 34.2 Å². The Balaban J connectivity index is 0.895. The maximum absolute atomic E-state index is 14.3. The molecule has 5 aliphatic rings. The van der Waals surface area contributed by atoms with Gasteiger partial charge in [0.1, 0.15) is 13.2 Å². The smallest absolute Gasteiger partial charge is 0.332 e. The number of aromatic hydroxyl groups is 1. The van der Waals surface area contributed by atoms with E-state index in [1.807, 2.05) is 65.6 Å². The van der Waals surface area contributed by atoms with Gasteiger partial charge < -0.3 is 58.2 Å². The van der Waals surface area contributed by atoms with Crippen LogP contribution in [0.15, 0.2) is 96.0 Å². The molecule has 0 aliphatic carbocycles. The van der Waals surface area contributed by atoms with Gasteiger partial charge in [-0.1, -0.05) is 58.0 Å². The Morgan fingerprint density at radius 3 is 2.23 bits per heavy atom. The Morgan fingerprint density at radius 1 is 0.793 bits per heavy atom. The minimum atomic E-state index is -0.568. The van der Waals surface area contributed by atoms with Gasteiger partial charge in [0.05, 0.1) is 74.7 Å². The molecule has 2 N–H and O–H groups in total. The van der Waals surface area contributed by atoms with Crippen molar-refractivity contribution in [1.82, 2.24) is 5.06 Å². The van der Waals surface area contributed by atoms with Gasteiger partial charge in [0.2, 0.25) is 0 Å². The molecule has 3 atom stereocenters. The number of benzene rings is 5. The van der Waals surface area contributed by atoms with Crippen LogP contribution in [-0.2, 0) is 59.4 Å². The summed E-state index contributed by atoms with van der Waals surface area (Å²) in [6.07, 6.45) is 4.05. The zero-order valence-corrected chi connectivity index (χ0v) is 48.5. The van der Waals surface area contributed by atoms with Crippen molar-refractivity contribution in [3.8, 4) is 23.0 Å². The number of carbonyl (C=O) groups excluding carboxylic acids is 4. The number of aliphatic imine (C=N–C) groups is 1. The molecule has 0 bridgehead atoms. The summed E-state index contributed by atoms with van der Waals surface area (Å²) in [6.45, 7) is 8.23. The molecule has 19 nitrogen and oxygen atoms in total. The van der Waals surface area contributed by atoms with Gasteiger partial charge in [0.25, 0.3) is 17.7 Å². The number of phenolic OH excluding ortho intramolecular Hbond substituents is 1. The van der Waals surface area contributed by atoms with Crippen molar-refractivity contribution in [3.05, 3.63) is 124 Å². The highest BCUT2D eigenvalue weighted by Crippen LogP contribution is 2.44. The lowest BCUT2D eigenvalue weighted by Crippen LogP contribution is -2.39. The largest absolute Gasteiger partial charge is 0.504 e. The fraction of sp³-hybridized carbons (Fsp3) is 0.426. The molecule has 1 unspecified atom stereocenters.